The van der Waals surface area contributed by atoms with Gasteiger partial charge in [-0.2, -0.15) is 0 Å². The van der Waals surface area contributed by atoms with Crippen molar-refractivity contribution in [3.05, 3.63) is 16.4 Å². The molecule has 1 rings (SSSR count). The van der Waals surface area contributed by atoms with Gasteiger partial charge in [-0.05, 0) is 15.9 Å². The molecule has 0 aliphatic carbocycles. The molecule has 84 valence electrons. The Labute approximate surface area is 90.4 Å². The van der Waals surface area contributed by atoms with Gasteiger partial charge < -0.3 is 10.5 Å². The minimum Gasteiger partial charge on any atom is -0.401 e. The Kier molecular flexibility index (Phi) is 3.38. The van der Waals surface area contributed by atoms with Crippen LogP contribution in [-0.2, 0) is 6.67 Å². The van der Waals surface area contributed by atoms with Crippen LogP contribution < -0.4 is 10.5 Å². The molecule has 2 N–H and O–H groups in total. The van der Waals surface area contributed by atoms with Gasteiger partial charge in [0.25, 0.3) is 0 Å². The van der Waals surface area contributed by atoms with Crippen molar-refractivity contribution in [3.63, 3.8) is 0 Å². The van der Waals surface area contributed by atoms with Crippen molar-refractivity contribution < 1.29 is 22.3 Å². The predicted octanol–water partition coefficient (Wildman–Crippen LogP) is 2.79. The zero-order valence-corrected chi connectivity index (χ0v) is 8.69. The quantitative estimate of drug-likeness (QED) is 0.852. The summed E-state index contributed by atoms with van der Waals surface area (Å²) in [5.41, 5.74) is 4.46. The lowest BCUT2D eigenvalue weighted by atomic mass is 10.3. The van der Waals surface area contributed by atoms with E-state index in [0.717, 1.165) is 6.20 Å². The molecule has 0 aliphatic heterocycles. The van der Waals surface area contributed by atoms with Crippen molar-refractivity contribution in [2.45, 2.75) is 13.0 Å². The number of hydrogen-bond donors (Lipinski definition) is 1. The van der Waals surface area contributed by atoms with E-state index in [0.29, 0.717) is 0 Å². The summed E-state index contributed by atoms with van der Waals surface area (Å²) in [6.07, 6.45) is -3.83. The third-order valence-corrected chi connectivity index (χ3v) is 2.07. The van der Waals surface area contributed by atoms with Gasteiger partial charge in [0.1, 0.15) is 12.4 Å². The highest BCUT2D eigenvalue weighted by atomic mass is 79.9. The summed E-state index contributed by atoms with van der Waals surface area (Å²) in [4.78, 5) is 3.41. The van der Waals surface area contributed by atoms with Crippen LogP contribution in [0.2, 0.25) is 0 Å². The number of nitrogens with two attached hydrogens (primary N) is 1. The highest BCUT2D eigenvalue weighted by Gasteiger charge is 2.33. The van der Waals surface area contributed by atoms with Crippen LogP contribution in [0.3, 0.4) is 0 Å². The molecule has 3 nitrogen and oxygen atoms in total. The second-order valence-electron chi connectivity index (χ2n) is 2.48. The number of ether oxygens (including phenoxy) is 1. The van der Waals surface area contributed by atoms with Crippen LogP contribution in [0.1, 0.15) is 5.69 Å². The number of pyridine rings is 1. The molecule has 0 unspecified atom stereocenters. The first-order chi connectivity index (χ1) is 6.85. The number of halogens is 5. The van der Waals surface area contributed by atoms with Gasteiger partial charge in [-0.25, -0.2) is 4.39 Å². The molecule has 0 saturated carbocycles. The van der Waals surface area contributed by atoms with Gasteiger partial charge >= 0.3 is 6.36 Å². The van der Waals surface area contributed by atoms with E-state index >= 15 is 0 Å². The van der Waals surface area contributed by atoms with E-state index in [-0.39, 0.29) is 10.2 Å². The van der Waals surface area contributed by atoms with Crippen molar-refractivity contribution >= 4 is 21.6 Å². The molecule has 0 spiro atoms. The number of hydrogen-bond acceptors (Lipinski definition) is 3. The van der Waals surface area contributed by atoms with E-state index < -0.39 is 24.5 Å². The number of nitrogens with zero attached hydrogens (tertiary/aromatic N) is 1. The number of rotatable bonds is 2. The highest BCUT2D eigenvalue weighted by molar-refractivity contribution is 9.10. The Bertz CT molecular complexity index is 369. The number of aromatic nitrogens is 1. The lowest BCUT2D eigenvalue weighted by molar-refractivity contribution is -0.274. The Morgan fingerprint density at radius 3 is 2.53 bits per heavy atom. The van der Waals surface area contributed by atoms with E-state index in [1.165, 1.54) is 0 Å². The van der Waals surface area contributed by atoms with Gasteiger partial charge in [-0.3, -0.25) is 4.98 Å². The SMILES string of the molecule is Nc1c(Br)cnc(CF)c1OC(F)(F)F. The first kappa shape index (κ1) is 12.0. The highest BCUT2D eigenvalue weighted by Crippen LogP contribution is 2.35. The number of anilines is 1. The molecule has 1 aromatic heterocycles. The van der Waals surface area contributed by atoms with E-state index in [1.54, 1.807) is 0 Å². The number of alkyl halides is 4. The molecule has 8 heteroatoms. The van der Waals surface area contributed by atoms with Crippen molar-refractivity contribution in [2.75, 3.05) is 5.73 Å². The Hall–Kier alpha value is -1.05. The van der Waals surface area contributed by atoms with E-state index in [2.05, 4.69) is 25.7 Å². The third kappa shape index (κ3) is 2.95. The summed E-state index contributed by atoms with van der Waals surface area (Å²) >= 11 is 2.86. The van der Waals surface area contributed by atoms with Crippen LogP contribution in [0.5, 0.6) is 5.75 Å². The lowest BCUT2D eigenvalue weighted by Gasteiger charge is -2.13. The van der Waals surface area contributed by atoms with Gasteiger partial charge in [-0.15, -0.1) is 13.2 Å². The maximum absolute atomic E-state index is 12.3. The molecule has 0 amide bonds. The standard InChI is InChI=1S/C7H5BrF4N2O/c8-3-2-14-4(1-9)6(5(3)13)15-7(10,11)12/h2H,1H2,(H2,13,14). The molecule has 0 fully saturated rings. The normalized spacial score (nSPS) is 11.5. The van der Waals surface area contributed by atoms with Gasteiger partial charge in [0.15, 0.2) is 5.75 Å². The van der Waals surface area contributed by atoms with Crippen molar-refractivity contribution in [1.82, 2.24) is 4.98 Å². The van der Waals surface area contributed by atoms with Crippen molar-refractivity contribution in [2.24, 2.45) is 0 Å². The average Bonchev–Trinajstić information content (AvgIpc) is 2.11. The summed E-state index contributed by atoms with van der Waals surface area (Å²) in [5.74, 6) is -0.806. The van der Waals surface area contributed by atoms with Crippen LogP contribution in [0, 0.1) is 0 Å². The fourth-order valence-electron chi connectivity index (χ4n) is 0.851. The summed E-state index contributed by atoms with van der Waals surface area (Å²) in [6, 6.07) is 0. The van der Waals surface area contributed by atoms with Gasteiger partial charge in [0.05, 0.1) is 10.2 Å². The Balaban J connectivity index is 3.18. The molecule has 15 heavy (non-hydrogen) atoms. The zero-order chi connectivity index (χ0) is 11.6. The minimum absolute atomic E-state index is 0.110. The molecule has 1 aromatic rings. The second-order valence-corrected chi connectivity index (χ2v) is 3.33. The van der Waals surface area contributed by atoms with Crippen LogP contribution in [-0.4, -0.2) is 11.3 Å². The average molecular weight is 289 g/mol. The molecule has 0 aromatic carbocycles. The van der Waals surface area contributed by atoms with Crippen molar-refractivity contribution in [1.29, 1.82) is 0 Å². The van der Waals surface area contributed by atoms with Gasteiger partial charge in [0, 0.05) is 6.20 Å². The maximum Gasteiger partial charge on any atom is 0.573 e. The molecular weight excluding hydrogens is 284 g/mol. The van der Waals surface area contributed by atoms with E-state index in [9.17, 15) is 17.6 Å². The Morgan fingerprint density at radius 1 is 1.47 bits per heavy atom. The van der Waals surface area contributed by atoms with Crippen LogP contribution in [0.15, 0.2) is 10.7 Å². The summed E-state index contributed by atoms with van der Waals surface area (Å²) in [5, 5.41) is 0. The maximum atomic E-state index is 12.3. The molecule has 0 saturated heterocycles. The second kappa shape index (κ2) is 4.21. The topological polar surface area (TPSA) is 48.1 Å². The Morgan fingerprint density at radius 2 is 2.07 bits per heavy atom. The molecular formula is C7H5BrF4N2O. The molecule has 0 atom stereocenters. The monoisotopic (exact) mass is 288 g/mol. The third-order valence-electron chi connectivity index (χ3n) is 1.44. The molecule has 1 heterocycles. The summed E-state index contributed by atoms with van der Waals surface area (Å²) in [6.45, 7) is -1.19. The lowest BCUT2D eigenvalue weighted by Crippen LogP contribution is -2.19. The van der Waals surface area contributed by atoms with Crippen LogP contribution in [0.4, 0.5) is 23.2 Å². The van der Waals surface area contributed by atoms with Crippen LogP contribution >= 0.6 is 15.9 Å². The van der Waals surface area contributed by atoms with E-state index in [1.807, 2.05) is 0 Å². The predicted molar refractivity (Wildman–Crippen MR) is 47.8 cm³/mol. The fourth-order valence-corrected chi connectivity index (χ4v) is 1.13. The smallest absolute Gasteiger partial charge is 0.401 e. The molecule has 0 bridgehead atoms. The summed E-state index contributed by atoms with van der Waals surface area (Å²) in [7, 11) is 0. The van der Waals surface area contributed by atoms with Crippen LogP contribution in [0.25, 0.3) is 0 Å². The largest absolute Gasteiger partial charge is 0.573 e. The minimum atomic E-state index is -4.93. The summed E-state index contributed by atoms with van der Waals surface area (Å²) < 4.78 is 51.8. The number of nitrogen functional groups attached to an aromatic ring is 1. The van der Waals surface area contributed by atoms with Crippen molar-refractivity contribution in [3.8, 4) is 5.75 Å². The first-order valence-corrected chi connectivity index (χ1v) is 4.39. The molecule has 0 radical (unpaired) electrons. The molecule has 0 aliphatic rings. The zero-order valence-electron chi connectivity index (χ0n) is 7.11. The van der Waals surface area contributed by atoms with Gasteiger partial charge in [-0.1, -0.05) is 0 Å². The first-order valence-electron chi connectivity index (χ1n) is 3.59. The van der Waals surface area contributed by atoms with E-state index in [4.69, 9.17) is 5.73 Å². The van der Waals surface area contributed by atoms with Gasteiger partial charge in [0.2, 0.25) is 0 Å². The fraction of sp³-hybridized carbons (Fsp3) is 0.286.